The molecule has 1 aromatic heterocycles. The van der Waals surface area contributed by atoms with E-state index in [1.165, 1.54) is 25.7 Å². The number of nitrogens with zero attached hydrogens (tertiary/aromatic N) is 1. The van der Waals surface area contributed by atoms with Gasteiger partial charge in [-0.3, -0.25) is 0 Å². The van der Waals surface area contributed by atoms with Crippen LogP contribution in [-0.2, 0) is 19.9 Å². The lowest BCUT2D eigenvalue weighted by Gasteiger charge is -2.04. The Morgan fingerprint density at radius 3 is 3.00 bits per heavy atom. The smallest absolute Gasteiger partial charge is 0.195 e. The molecule has 0 saturated heterocycles. The van der Waals surface area contributed by atoms with Crippen LogP contribution in [0.3, 0.4) is 0 Å². The second-order valence-corrected chi connectivity index (χ2v) is 3.85. The summed E-state index contributed by atoms with van der Waals surface area (Å²) in [5.41, 5.74) is 3.80. The van der Waals surface area contributed by atoms with Gasteiger partial charge in [0, 0.05) is 6.42 Å². The molecule has 0 saturated carbocycles. The highest BCUT2D eigenvalue weighted by molar-refractivity contribution is 7.09. The van der Waals surface area contributed by atoms with Crippen LogP contribution in [0.4, 0.5) is 0 Å². The van der Waals surface area contributed by atoms with Gasteiger partial charge in [-0.2, -0.15) is 4.57 Å². The maximum Gasteiger partial charge on any atom is 0.224 e. The van der Waals surface area contributed by atoms with Crippen molar-refractivity contribution in [2.24, 2.45) is 7.05 Å². The summed E-state index contributed by atoms with van der Waals surface area (Å²) in [7, 11) is 2.15. The maximum absolute atomic E-state index is 2.28. The first kappa shape index (κ1) is 6.35. The van der Waals surface area contributed by atoms with Gasteiger partial charge >= 0.3 is 0 Å². The van der Waals surface area contributed by atoms with Gasteiger partial charge in [-0.15, -0.1) is 0 Å². The van der Waals surface area contributed by atoms with Crippen molar-refractivity contribution in [3.05, 3.63) is 16.1 Å². The summed E-state index contributed by atoms with van der Waals surface area (Å²) < 4.78 is 2.28. The van der Waals surface area contributed by atoms with Gasteiger partial charge in [0.25, 0.3) is 0 Å². The molecule has 0 unspecified atom stereocenters. The van der Waals surface area contributed by atoms with Gasteiger partial charge in [0.05, 0.1) is 4.88 Å². The van der Waals surface area contributed by atoms with Gasteiger partial charge in [-0.1, -0.05) is 11.3 Å². The molecule has 1 nitrogen and oxygen atoms in total. The highest BCUT2D eigenvalue weighted by atomic mass is 32.1. The minimum Gasteiger partial charge on any atom is -0.195 e. The highest BCUT2D eigenvalue weighted by Crippen LogP contribution is 2.21. The Hall–Kier alpha value is -0.370. The van der Waals surface area contributed by atoms with Crippen LogP contribution < -0.4 is 4.57 Å². The Morgan fingerprint density at radius 2 is 2.20 bits per heavy atom. The van der Waals surface area contributed by atoms with E-state index in [0.717, 1.165) is 0 Å². The van der Waals surface area contributed by atoms with Crippen molar-refractivity contribution in [2.75, 3.05) is 0 Å². The molecule has 1 heterocycles. The fourth-order valence-electron chi connectivity index (χ4n) is 1.57. The average molecular weight is 154 g/mol. The van der Waals surface area contributed by atoms with Crippen molar-refractivity contribution in [3.8, 4) is 0 Å². The molecule has 10 heavy (non-hydrogen) atoms. The predicted octanol–water partition coefficient (Wildman–Crippen LogP) is 1.45. The SMILES string of the molecule is C[n+]1csc2c1CCCC2. The van der Waals surface area contributed by atoms with Crippen LogP contribution >= 0.6 is 11.3 Å². The van der Waals surface area contributed by atoms with Crippen molar-refractivity contribution < 1.29 is 4.57 Å². The summed E-state index contributed by atoms with van der Waals surface area (Å²) >= 11 is 1.91. The maximum atomic E-state index is 2.28. The van der Waals surface area contributed by atoms with Crippen LogP contribution in [-0.4, -0.2) is 0 Å². The molecule has 0 spiro atoms. The molecule has 1 aliphatic rings. The van der Waals surface area contributed by atoms with Crippen LogP contribution in [0.1, 0.15) is 23.4 Å². The average Bonchev–Trinajstić information content (AvgIpc) is 2.34. The van der Waals surface area contributed by atoms with Gasteiger partial charge < -0.3 is 0 Å². The topological polar surface area (TPSA) is 3.88 Å². The number of hydrogen-bond acceptors (Lipinski definition) is 1. The quantitative estimate of drug-likeness (QED) is 0.498. The number of aryl methyl sites for hydroxylation is 2. The van der Waals surface area contributed by atoms with Gasteiger partial charge in [0.1, 0.15) is 7.05 Å². The summed E-state index contributed by atoms with van der Waals surface area (Å²) in [5, 5.41) is 0. The number of thiazole rings is 1. The van der Waals surface area contributed by atoms with E-state index in [2.05, 4.69) is 17.1 Å². The Kier molecular flexibility index (Phi) is 1.49. The summed E-state index contributed by atoms with van der Waals surface area (Å²) in [6.45, 7) is 0. The van der Waals surface area contributed by atoms with Gasteiger partial charge in [0.2, 0.25) is 5.51 Å². The molecular weight excluding hydrogens is 142 g/mol. The van der Waals surface area contributed by atoms with E-state index < -0.39 is 0 Å². The van der Waals surface area contributed by atoms with Crippen LogP contribution in [0.25, 0.3) is 0 Å². The monoisotopic (exact) mass is 154 g/mol. The Balaban J connectivity index is 2.45. The van der Waals surface area contributed by atoms with E-state index in [4.69, 9.17) is 0 Å². The largest absolute Gasteiger partial charge is 0.224 e. The Labute approximate surface area is 65.3 Å². The van der Waals surface area contributed by atoms with E-state index in [-0.39, 0.29) is 0 Å². The zero-order valence-corrected chi connectivity index (χ0v) is 7.08. The number of fused-ring (bicyclic) bond motifs is 1. The lowest BCUT2D eigenvalue weighted by atomic mass is 10.0. The lowest BCUT2D eigenvalue weighted by Crippen LogP contribution is -2.31. The van der Waals surface area contributed by atoms with Crippen LogP contribution in [0.2, 0.25) is 0 Å². The molecule has 0 N–H and O–H groups in total. The minimum atomic E-state index is 1.30. The third kappa shape index (κ3) is 0.870. The van der Waals surface area contributed by atoms with Crippen molar-refractivity contribution in [1.29, 1.82) is 0 Å². The van der Waals surface area contributed by atoms with E-state index >= 15 is 0 Å². The predicted molar refractivity (Wildman–Crippen MR) is 42.1 cm³/mol. The summed E-state index contributed by atoms with van der Waals surface area (Å²) in [6, 6.07) is 0. The van der Waals surface area contributed by atoms with Gasteiger partial charge in [0.15, 0.2) is 5.69 Å². The van der Waals surface area contributed by atoms with E-state index in [0.29, 0.717) is 0 Å². The fraction of sp³-hybridized carbons (Fsp3) is 0.625. The second-order valence-electron chi connectivity index (χ2n) is 2.91. The molecule has 1 aliphatic carbocycles. The Morgan fingerprint density at radius 1 is 1.40 bits per heavy atom. The number of rotatable bonds is 0. The normalized spacial score (nSPS) is 16.9. The molecule has 0 aromatic carbocycles. The molecule has 0 fully saturated rings. The number of hydrogen-bond donors (Lipinski definition) is 0. The van der Waals surface area contributed by atoms with Gasteiger partial charge in [-0.25, -0.2) is 0 Å². The molecule has 1 aromatic rings. The molecule has 2 heteroatoms. The first-order valence-corrected chi connectivity index (χ1v) is 4.71. The molecule has 0 amide bonds. The fourth-order valence-corrected chi connectivity index (χ4v) is 2.62. The van der Waals surface area contributed by atoms with Crippen LogP contribution in [0.5, 0.6) is 0 Å². The van der Waals surface area contributed by atoms with Crippen molar-refractivity contribution >= 4 is 11.3 Å². The highest BCUT2D eigenvalue weighted by Gasteiger charge is 2.19. The van der Waals surface area contributed by atoms with Gasteiger partial charge in [-0.05, 0) is 19.3 Å². The summed E-state index contributed by atoms with van der Waals surface area (Å²) in [4.78, 5) is 1.62. The molecule has 0 radical (unpaired) electrons. The summed E-state index contributed by atoms with van der Waals surface area (Å²) in [5.74, 6) is 0. The lowest BCUT2D eigenvalue weighted by molar-refractivity contribution is -0.674. The molecule has 54 valence electrons. The summed E-state index contributed by atoms with van der Waals surface area (Å²) in [6.07, 6.45) is 5.40. The number of aromatic nitrogens is 1. The van der Waals surface area contributed by atoms with Crippen molar-refractivity contribution in [1.82, 2.24) is 0 Å². The van der Waals surface area contributed by atoms with Crippen LogP contribution in [0, 0.1) is 0 Å². The molecule has 2 rings (SSSR count). The molecule has 0 bridgehead atoms. The van der Waals surface area contributed by atoms with Crippen molar-refractivity contribution in [2.45, 2.75) is 25.7 Å². The third-order valence-corrected chi connectivity index (χ3v) is 3.31. The van der Waals surface area contributed by atoms with E-state index in [1.807, 2.05) is 11.3 Å². The first-order valence-electron chi connectivity index (χ1n) is 3.83. The zero-order valence-electron chi connectivity index (χ0n) is 6.26. The zero-order chi connectivity index (χ0) is 6.97. The van der Waals surface area contributed by atoms with Crippen LogP contribution in [0.15, 0.2) is 5.51 Å². The van der Waals surface area contributed by atoms with Crippen molar-refractivity contribution in [3.63, 3.8) is 0 Å². The molecule has 0 atom stereocenters. The second kappa shape index (κ2) is 2.35. The third-order valence-electron chi connectivity index (χ3n) is 2.17. The molecular formula is C8H12NS+. The minimum absolute atomic E-state index is 1.30. The van der Waals surface area contributed by atoms with E-state index in [1.54, 1.807) is 10.6 Å². The Bertz CT molecular complexity index is 239. The molecule has 0 aliphatic heterocycles. The first-order chi connectivity index (χ1) is 4.88. The van der Waals surface area contributed by atoms with E-state index in [9.17, 15) is 0 Å². The standard InChI is InChI=1S/C8H12NS/c1-9-6-10-8-5-3-2-4-7(8)9/h6H,2-5H2,1H3/q+1.